The number of rotatable bonds is 2. The molecule has 2 heterocycles. The van der Waals surface area contributed by atoms with Crippen molar-refractivity contribution < 1.29 is 14.3 Å². The summed E-state index contributed by atoms with van der Waals surface area (Å²) < 4.78 is 7.36. The third kappa shape index (κ3) is 1.63. The Balaban J connectivity index is 2.00. The van der Waals surface area contributed by atoms with Crippen molar-refractivity contribution in [1.29, 1.82) is 0 Å². The highest BCUT2D eigenvalue weighted by Crippen LogP contribution is 2.29. The number of hydrogen-bond acceptors (Lipinski definition) is 3. The number of carboxylic acid groups (broad SMARTS) is 1. The Hall–Kier alpha value is -2.04. The highest BCUT2D eigenvalue weighted by Gasteiger charge is 2.29. The van der Waals surface area contributed by atoms with Crippen LogP contribution in [0.4, 0.5) is 0 Å². The number of hydrogen-bond donors (Lipinski definition) is 1. The van der Waals surface area contributed by atoms with Crippen LogP contribution in [-0.4, -0.2) is 20.6 Å². The lowest BCUT2D eigenvalue weighted by Crippen LogP contribution is -2.22. The summed E-state index contributed by atoms with van der Waals surface area (Å²) in [4.78, 5) is 15.6. The van der Waals surface area contributed by atoms with Gasteiger partial charge in [-0.25, -0.2) is 4.98 Å². The lowest BCUT2D eigenvalue weighted by molar-refractivity contribution is -0.142. The van der Waals surface area contributed by atoms with Crippen LogP contribution in [0.1, 0.15) is 17.8 Å². The van der Waals surface area contributed by atoms with Gasteiger partial charge in [0.05, 0.1) is 17.9 Å². The topological polar surface area (TPSA) is 68.3 Å². The van der Waals surface area contributed by atoms with Crippen LogP contribution in [0.3, 0.4) is 0 Å². The number of aromatic nitrogens is 2. The van der Waals surface area contributed by atoms with Gasteiger partial charge in [0.1, 0.15) is 0 Å². The third-order valence-corrected chi connectivity index (χ3v) is 3.56. The normalized spacial score (nSPS) is 18.6. The number of carboxylic acids is 1. The number of fused-ring (bicyclic) bond motifs is 1. The van der Waals surface area contributed by atoms with Crippen LogP contribution in [-0.2, 0) is 24.7 Å². The maximum Gasteiger partial charge on any atom is 0.306 e. The van der Waals surface area contributed by atoms with Gasteiger partial charge in [-0.05, 0) is 25.0 Å². The molecule has 94 valence electrons. The molecule has 0 bridgehead atoms. The summed E-state index contributed by atoms with van der Waals surface area (Å²) in [6.07, 6.45) is 3.57. The summed E-state index contributed by atoms with van der Waals surface area (Å²) >= 11 is 0. The number of imidazole rings is 1. The molecule has 18 heavy (non-hydrogen) atoms. The lowest BCUT2D eigenvalue weighted by Gasteiger charge is -2.18. The molecule has 1 atom stereocenters. The van der Waals surface area contributed by atoms with E-state index in [0.717, 1.165) is 29.4 Å². The van der Waals surface area contributed by atoms with E-state index in [2.05, 4.69) is 4.98 Å². The van der Waals surface area contributed by atoms with E-state index < -0.39 is 5.97 Å². The second-order valence-electron chi connectivity index (χ2n) is 4.64. The van der Waals surface area contributed by atoms with Gasteiger partial charge in [0.25, 0.3) is 0 Å². The van der Waals surface area contributed by atoms with Crippen molar-refractivity contribution in [2.45, 2.75) is 19.3 Å². The van der Waals surface area contributed by atoms with E-state index in [-0.39, 0.29) is 5.92 Å². The molecule has 3 rings (SSSR count). The molecule has 1 N–H and O–H groups in total. The number of furan rings is 1. The summed E-state index contributed by atoms with van der Waals surface area (Å²) in [5.74, 6) is 0.456. The fourth-order valence-electron chi connectivity index (χ4n) is 2.55. The average Bonchev–Trinajstić information content (AvgIpc) is 2.97. The van der Waals surface area contributed by atoms with Crippen LogP contribution >= 0.6 is 0 Å². The summed E-state index contributed by atoms with van der Waals surface area (Å²) in [5, 5.41) is 9.07. The maximum absolute atomic E-state index is 11.0. The van der Waals surface area contributed by atoms with Gasteiger partial charge in [-0.1, -0.05) is 0 Å². The van der Waals surface area contributed by atoms with E-state index in [1.807, 2.05) is 23.7 Å². The maximum atomic E-state index is 11.0. The first-order valence-electron chi connectivity index (χ1n) is 5.98. The van der Waals surface area contributed by atoms with Crippen LogP contribution in [0.2, 0.25) is 0 Å². The Bertz CT molecular complexity index is 584. The van der Waals surface area contributed by atoms with Gasteiger partial charge in [0.15, 0.2) is 11.6 Å². The molecule has 0 aliphatic heterocycles. The molecule has 1 aliphatic carbocycles. The Morgan fingerprint density at radius 3 is 3.11 bits per heavy atom. The van der Waals surface area contributed by atoms with Crippen molar-refractivity contribution in [3.05, 3.63) is 29.8 Å². The molecule has 2 aromatic heterocycles. The molecule has 0 saturated heterocycles. The third-order valence-electron chi connectivity index (χ3n) is 3.56. The van der Waals surface area contributed by atoms with Crippen molar-refractivity contribution in [1.82, 2.24) is 9.55 Å². The van der Waals surface area contributed by atoms with E-state index >= 15 is 0 Å². The fraction of sp³-hybridized carbons (Fsp3) is 0.385. The Kier molecular flexibility index (Phi) is 2.47. The average molecular weight is 246 g/mol. The van der Waals surface area contributed by atoms with E-state index in [1.165, 1.54) is 0 Å². The van der Waals surface area contributed by atoms with Crippen LogP contribution < -0.4 is 0 Å². The lowest BCUT2D eigenvalue weighted by atomic mass is 9.90. The summed E-state index contributed by atoms with van der Waals surface area (Å²) in [7, 11) is 1.95. The minimum absolute atomic E-state index is 0.308. The highest BCUT2D eigenvalue weighted by molar-refractivity contribution is 5.71. The molecule has 0 saturated carbocycles. The number of carbonyl (C=O) groups is 1. The highest BCUT2D eigenvalue weighted by atomic mass is 16.4. The molecular formula is C13H14N2O3. The summed E-state index contributed by atoms with van der Waals surface area (Å²) in [5.41, 5.74) is 2.02. The summed E-state index contributed by atoms with van der Waals surface area (Å²) in [6, 6.07) is 3.69. The first kappa shape index (κ1) is 11.1. The smallest absolute Gasteiger partial charge is 0.306 e. The van der Waals surface area contributed by atoms with Crippen LogP contribution in [0.25, 0.3) is 11.6 Å². The Labute approximate surface area is 104 Å². The van der Waals surface area contributed by atoms with Crippen molar-refractivity contribution in [3.63, 3.8) is 0 Å². The van der Waals surface area contributed by atoms with E-state index in [1.54, 1.807) is 6.26 Å². The Morgan fingerprint density at radius 1 is 1.61 bits per heavy atom. The first-order chi connectivity index (χ1) is 8.66. The van der Waals surface area contributed by atoms with Crippen LogP contribution in [0, 0.1) is 5.92 Å². The van der Waals surface area contributed by atoms with E-state index in [4.69, 9.17) is 9.52 Å². The minimum atomic E-state index is -0.731. The molecule has 0 amide bonds. The van der Waals surface area contributed by atoms with Crippen molar-refractivity contribution >= 4 is 5.97 Å². The van der Waals surface area contributed by atoms with E-state index in [9.17, 15) is 4.79 Å². The van der Waals surface area contributed by atoms with Crippen molar-refractivity contribution in [2.75, 3.05) is 0 Å². The van der Waals surface area contributed by atoms with Gasteiger partial charge >= 0.3 is 5.97 Å². The second kappa shape index (κ2) is 4.01. The van der Waals surface area contributed by atoms with Crippen LogP contribution in [0.5, 0.6) is 0 Å². The SMILES string of the molecule is Cn1c(-c2ccco2)nc2c1CCC(C(=O)O)C2. The van der Waals surface area contributed by atoms with Crippen LogP contribution in [0.15, 0.2) is 22.8 Å². The molecule has 0 radical (unpaired) electrons. The predicted molar refractivity (Wildman–Crippen MR) is 64.1 cm³/mol. The monoisotopic (exact) mass is 246 g/mol. The van der Waals surface area contributed by atoms with Gasteiger partial charge < -0.3 is 14.1 Å². The predicted octanol–water partition coefficient (Wildman–Crippen LogP) is 1.87. The number of nitrogens with zero attached hydrogens (tertiary/aromatic N) is 2. The zero-order chi connectivity index (χ0) is 12.7. The molecule has 0 fully saturated rings. The zero-order valence-electron chi connectivity index (χ0n) is 10.1. The standard InChI is InChI=1S/C13H14N2O3/c1-15-10-5-4-8(13(16)17)7-9(10)14-12(15)11-3-2-6-18-11/h2-3,6,8H,4-5,7H2,1H3,(H,16,17). The molecule has 5 nitrogen and oxygen atoms in total. The largest absolute Gasteiger partial charge is 0.481 e. The molecule has 1 unspecified atom stereocenters. The number of aliphatic carboxylic acids is 1. The molecule has 5 heteroatoms. The minimum Gasteiger partial charge on any atom is -0.481 e. The Morgan fingerprint density at radius 2 is 2.44 bits per heavy atom. The second-order valence-corrected chi connectivity index (χ2v) is 4.64. The van der Waals surface area contributed by atoms with Crippen molar-refractivity contribution in [3.8, 4) is 11.6 Å². The molecular weight excluding hydrogens is 232 g/mol. The van der Waals surface area contributed by atoms with Gasteiger partial charge in [-0.2, -0.15) is 0 Å². The summed E-state index contributed by atoms with van der Waals surface area (Å²) in [6.45, 7) is 0. The molecule has 0 spiro atoms. The van der Waals surface area contributed by atoms with Gasteiger partial charge in [0.2, 0.25) is 0 Å². The molecule has 0 aromatic carbocycles. The van der Waals surface area contributed by atoms with Gasteiger partial charge in [-0.3, -0.25) is 4.79 Å². The quantitative estimate of drug-likeness (QED) is 0.878. The van der Waals surface area contributed by atoms with Gasteiger partial charge in [0, 0.05) is 19.2 Å². The van der Waals surface area contributed by atoms with Crippen molar-refractivity contribution in [2.24, 2.45) is 13.0 Å². The first-order valence-corrected chi connectivity index (χ1v) is 5.98. The molecule has 1 aliphatic rings. The fourth-order valence-corrected chi connectivity index (χ4v) is 2.55. The zero-order valence-corrected chi connectivity index (χ0v) is 10.1. The van der Waals surface area contributed by atoms with E-state index in [0.29, 0.717) is 12.8 Å². The molecule has 2 aromatic rings. The van der Waals surface area contributed by atoms with Gasteiger partial charge in [-0.15, -0.1) is 0 Å².